The second-order valence-corrected chi connectivity index (χ2v) is 5.09. The lowest BCUT2D eigenvalue weighted by Gasteiger charge is -2.19. The van der Waals surface area contributed by atoms with Gasteiger partial charge in [0.2, 0.25) is 0 Å². The lowest BCUT2D eigenvalue weighted by atomic mass is 10.1. The van der Waals surface area contributed by atoms with Crippen molar-refractivity contribution in [3.63, 3.8) is 0 Å². The molecule has 0 aromatic heterocycles. The summed E-state index contributed by atoms with van der Waals surface area (Å²) in [7, 11) is 0. The molecule has 0 spiro atoms. The number of hydrogen-bond acceptors (Lipinski definition) is 2. The summed E-state index contributed by atoms with van der Waals surface area (Å²) in [6.07, 6.45) is 7.39. The molecule has 0 bridgehead atoms. The third-order valence-electron chi connectivity index (χ3n) is 3.31. The maximum atomic E-state index is 13.2. The van der Waals surface area contributed by atoms with E-state index < -0.39 is 5.82 Å². The van der Waals surface area contributed by atoms with Gasteiger partial charge in [-0.25, -0.2) is 4.39 Å². The first-order valence-electron chi connectivity index (χ1n) is 6.18. The van der Waals surface area contributed by atoms with Gasteiger partial charge in [-0.05, 0) is 18.9 Å². The predicted octanol–water partition coefficient (Wildman–Crippen LogP) is 4.20. The number of nitrogen functional groups attached to an aromatic ring is 1. The Morgan fingerprint density at radius 2 is 1.82 bits per heavy atom. The Morgan fingerprint density at radius 1 is 1.18 bits per heavy atom. The van der Waals surface area contributed by atoms with Crippen LogP contribution in [-0.4, -0.2) is 6.04 Å². The van der Waals surface area contributed by atoms with Crippen molar-refractivity contribution in [2.45, 2.75) is 44.6 Å². The summed E-state index contributed by atoms with van der Waals surface area (Å²) >= 11 is 5.77. The minimum Gasteiger partial charge on any atom is -0.397 e. The van der Waals surface area contributed by atoms with Gasteiger partial charge in [-0.3, -0.25) is 0 Å². The monoisotopic (exact) mass is 256 g/mol. The molecule has 2 rings (SSSR count). The second kappa shape index (κ2) is 5.58. The molecule has 0 amide bonds. The average molecular weight is 257 g/mol. The zero-order valence-corrected chi connectivity index (χ0v) is 10.6. The quantitative estimate of drug-likeness (QED) is 0.615. The fraction of sp³-hybridized carbons (Fsp3) is 0.538. The molecule has 0 saturated heterocycles. The second-order valence-electron chi connectivity index (χ2n) is 4.69. The molecule has 0 aliphatic heterocycles. The van der Waals surface area contributed by atoms with Crippen LogP contribution in [0.25, 0.3) is 0 Å². The Labute approximate surface area is 106 Å². The van der Waals surface area contributed by atoms with Gasteiger partial charge >= 0.3 is 0 Å². The van der Waals surface area contributed by atoms with E-state index in [2.05, 4.69) is 5.32 Å². The van der Waals surface area contributed by atoms with Crippen LogP contribution in [0.15, 0.2) is 12.1 Å². The lowest BCUT2D eigenvalue weighted by molar-refractivity contribution is 0.617. The van der Waals surface area contributed by atoms with Crippen molar-refractivity contribution in [3.8, 4) is 0 Å². The molecule has 1 aromatic carbocycles. The molecule has 2 nitrogen and oxygen atoms in total. The van der Waals surface area contributed by atoms with E-state index in [4.69, 9.17) is 17.3 Å². The Morgan fingerprint density at radius 3 is 2.47 bits per heavy atom. The summed E-state index contributed by atoms with van der Waals surface area (Å²) in [5.74, 6) is -0.462. The highest BCUT2D eigenvalue weighted by molar-refractivity contribution is 6.31. The summed E-state index contributed by atoms with van der Waals surface area (Å²) < 4.78 is 13.2. The van der Waals surface area contributed by atoms with Crippen molar-refractivity contribution in [1.29, 1.82) is 0 Å². The third-order valence-corrected chi connectivity index (χ3v) is 3.60. The minimum atomic E-state index is -0.462. The molecule has 0 unspecified atom stereocenters. The maximum Gasteiger partial charge on any atom is 0.143 e. The van der Waals surface area contributed by atoms with E-state index >= 15 is 0 Å². The van der Waals surface area contributed by atoms with E-state index in [1.807, 2.05) is 0 Å². The molecule has 0 radical (unpaired) electrons. The highest BCUT2D eigenvalue weighted by atomic mass is 35.5. The van der Waals surface area contributed by atoms with Gasteiger partial charge in [0.15, 0.2) is 0 Å². The largest absolute Gasteiger partial charge is 0.397 e. The predicted molar refractivity (Wildman–Crippen MR) is 70.9 cm³/mol. The molecule has 3 N–H and O–H groups in total. The van der Waals surface area contributed by atoms with Crippen molar-refractivity contribution in [2.24, 2.45) is 0 Å². The number of rotatable bonds is 2. The third kappa shape index (κ3) is 3.25. The summed E-state index contributed by atoms with van der Waals surface area (Å²) in [5, 5.41) is 3.50. The molecular weight excluding hydrogens is 239 g/mol. The molecule has 1 saturated carbocycles. The van der Waals surface area contributed by atoms with Crippen LogP contribution < -0.4 is 11.1 Å². The van der Waals surface area contributed by atoms with Crippen LogP contribution in [0.2, 0.25) is 5.02 Å². The molecule has 1 aliphatic carbocycles. The van der Waals surface area contributed by atoms with Crippen molar-refractivity contribution >= 4 is 23.0 Å². The lowest BCUT2D eigenvalue weighted by Crippen LogP contribution is -2.19. The first kappa shape index (κ1) is 12.5. The zero-order chi connectivity index (χ0) is 12.3. The first-order chi connectivity index (χ1) is 8.16. The molecule has 94 valence electrons. The number of halogens is 2. The van der Waals surface area contributed by atoms with Gasteiger partial charge in [0, 0.05) is 12.1 Å². The van der Waals surface area contributed by atoms with E-state index in [1.165, 1.54) is 31.7 Å². The topological polar surface area (TPSA) is 38.0 Å². The molecule has 4 heteroatoms. The van der Waals surface area contributed by atoms with Gasteiger partial charge in [-0.15, -0.1) is 0 Å². The van der Waals surface area contributed by atoms with Crippen LogP contribution >= 0.6 is 11.6 Å². The molecule has 0 atom stereocenters. The minimum absolute atomic E-state index is 0.121. The van der Waals surface area contributed by atoms with Gasteiger partial charge in [-0.1, -0.05) is 37.3 Å². The van der Waals surface area contributed by atoms with Crippen LogP contribution in [0, 0.1) is 5.82 Å². The average Bonchev–Trinajstić information content (AvgIpc) is 2.54. The molecule has 1 aliphatic rings. The number of anilines is 2. The first-order valence-corrected chi connectivity index (χ1v) is 6.55. The van der Waals surface area contributed by atoms with E-state index in [0.717, 1.165) is 18.5 Å². The van der Waals surface area contributed by atoms with E-state index in [9.17, 15) is 4.39 Å². The highest BCUT2D eigenvalue weighted by Crippen LogP contribution is 2.29. The fourth-order valence-electron chi connectivity index (χ4n) is 2.33. The summed E-state index contributed by atoms with van der Waals surface area (Å²) in [6, 6.07) is 3.29. The van der Waals surface area contributed by atoms with Gasteiger partial charge in [-0.2, -0.15) is 0 Å². The van der Waals surface area contributed by atoms with Crippen LogP contribution in [0.4, 0.5) is 15.8 Å². The molecule has 0 heterocycles. The van der Waals surface area contributed by atoms with Gasteiger partial charge in [0.05, 0.1) is 16.4 Å². The van der Waals surface area contributed by atoms with Crippen molar-refractivity contribution in [1.82, 2.24) is 0 Å². The van der Waals surface area contributed by atoms with Gasteiger partial charge < -0.3 is 11.1 Å². The Kier molecular flexibility index (Phi) is 4.11. The smallest absolute Gasteiger partial charge is 0.143 e. The zero-order valence-electron chi connectivity index (χ0n) is 9.81. The van der Waals surface area contributed by atoms with Crippen LogP contribution in [-0.2, 0) is 0 Å². The van der Waals surface area contributed by atoms with Gasteiger partial charge in [0.25, 0.3) is 0 Å². The van der Waals surface area contributed by atoms with Gasteiger partial charge in [0.1, 0.15) is 5.82 Å². The van der Waals surface area contributed by atoms with Crippen molar-refractivity contribution in [3.05, 3.63) is 23.0 Å². The number of hydrogen-bond donors (Lipinski definition) is 2. The van der Waals surface area contributed by atoms with Crippen LogP contribution in [0.3, 0.4) is 0 Å². The Balaban J connectivity index is 2.09. The molecule has 1 fully saturated rings. The van der Waals surface area contributed by atoms with E-state index in [1.54, 1.807) is 6.07 Å². The molecule has 1 aromatic rings. The number of nitrogens with one attached hydrogen (secondary N) is 1. The highest BCUT2D eigenvalue weighted by Gasteiger charge is 2.14. The van der Waals surface area contributed by atoms with E-state index in [0.29, 0.717) is 11.7 Å². The van der Waals surface area contributed by atoms with Crippen molar-refractivity contribution in [2.75, 3.05) is 11.1 Å². The molecular formula is C13H18ClFN2. The van der Waals surface area contributed by atoms with Crippen molar-refractivity contribution < 1.29 is 4.39 Å². The summed E-state index contributed by atoms with van der Waals surface area (Å²) in [6.45, 7) is 0. The summed E-state index contributed by atoms with van der Waals surface area (Å²) in [5.41, 5.74) is 6.97. The maximum absolute atomic E-state index is 13.2. The Hall–Kier alpha value is -0.960. The van der Waals surface area contributed by atoms with Crippen LogP contribution in [0.1, 0.15) is 38.5 Å². The standard InChI is InChI=1S/C13H18ClFN2/c14-10-7-13(12(16)8-11(10)15)17-9-5-3-1-2-4-6-9/h7-9,17H,1-6,16H2. The molecule has 17 heavy (non-hydrogen) atoms. The van der Waals surface area contributed by atoms with E-state index in [-0.39, 0.29) is 5.02 Å². The SMILES string of the molecule is Nc1cc(F)c(Cl)cc1NC1CCCCCC1. The number of nitrogens with two attached hydrogens (primary N) is 1. The normalized spacial score (nSPS) is 17.8. The summed E-state index contributed by atoms with van der Waals surface area (Å²) in [4.78, 5) is 0. The fourth-order valence-corrected chi connectivity index (χ4v) is 2.49. The Bertz CT molecular complexity index is 387. The van der Waals surface area contributed by atoms with Crippen LogP contribution in [0.5, 0.6) is 0 Å². The number of benzene rings is 1.